The number of amides is 1. The number of piperidine rings is 1. The monoisotopic (exact) mass is 355 g/mol. The standard InChI is InChI=1S/C19H22FN5O/c1-11-12(2)23-18(8-22-11)25-9-13-5-6-24(10-17(13)25)19(26)15-7-14(20)3-4-16(15)21/h3-4,7-8,13,17H,5-6,9-10,21H2,1-2H3. The Morgan fingerprint density at radius 3 is 2.85 bits per heavy atom. The summed E-state index contributed by atoms with van der Waals surface area (Å²) in [5.74, 6) is 0.743. The van der Waals surface area contributed by atoms with Crippen molar-refractivity contribution in [1.29, 1.82) is 0 Å². The van der Waals surface area contributed by atoms with E-state index in [2.05, 4.69) is 14.9 Å². The minimum atomic E-state index is -0.451. The number of carbonyl (C=O) groups is 1. The van der Waals surface area contributed by atoms with Crippen LogP contribution >= 0.6 is 0 Å². The molecule has 1 aromatic heterocycles. The first-order valence-corrected chi connectivity index (χ1v) is 8.85. The number of nitrogens with two attached hydrogens (primary N) is 1. The molecule has 2 aromatic rings. The lowest BCUT2D eigenvalue weighted by Crippen LogP contribution is -2.65. The van der Waals surface area contributed by atoms with Gasteiger partial charge in [0.05, 0.1) is 29.2 Å². The second-order valence-electron chi connectivity index (χ2n) is 7.15. The normalized spacial score (nSPS) is 22.0. The van der Waals surface area contributed by atoms with Gasteiger partial charge in [-0.2, -0.15) is 0 Å². The van der Waals surface area contributed by atoms with Crippen molar-refractivity contribution in [2.24, 2.45) is 5.92 Å². The van der Waals surface area contributed by atoms with Crippen LogP contribution in [0.3, 0.4) is 0 Å². The number of carbonyl (C=O) groups excluding carboxylic acids is 1. The zero-order chi connectivity index (χ0) is 18.4. The Balaban J connectivity index is 1.52. The van der Waals surface area contributed by atoms with E-state index < -0.39 is 5.82 Å². The van der Waals surface area contributed by atoms with Crippen molar-refractivity contribution in [2.75, 3.05) is 30.3 Å². The van der Waals surface area contributed by atoms with Crippen LogP contribution in [0.5, 0.6) is 0 Å². The van der Waals surface area contributed by atoms with Crippen LogP contribution in [-0.4, -0.2) is 46.5 Å². The van der Waals surface area contributed by atoms with E-state index in [-0.39, 0.29) is 17.5 Å². The van der Waals surface area contributed by atoms with Crippen LogP contribution < -0.4 is 10.6 Å². The summed E-state index contributed by atoms with van der Waals surface area (Å²) in [5.41, 5.74) is 8.27. The zero-order valence-corrected chi connectivity index (χ0v) is 14.9. The van der Waals surface area contributed by atoms with Gasteiger partial charge in [0.25, 0.3) is 5.91 Å². The van der Waals surface area contributed by atoms with E-state index >= 15 is 0 Å². The molecule has 0 bridgehead atoms. The Kier molecular flexibility index (Phi) is 4.01. The molecule has 0 radical (unpaired) electrons. The quantitative estimate of drug-likeness (QED) is 0.836. The Bertz CT molecular complexity index is 871. The predicted molar refractivity (Wildman–Crippen MR) is 97.5 cm³/mol. The van der Waals surface area contributed by atoms with Crippen molar-refractivity contribution in [3.8, 4) is 0 Å². The fourth-order valence-corrected chi connectivity index (χ4v) is 3.80. The first-order valence-electron chi connectivity index (χ1n) is 8.85. The molecule has 0 aliphatic carbocycles. The third-order valence-corrected chi connectivity index (χ3v) is 5.56. The fourth-order valence-electron chi connectivity index (χ4n) is 3.80. The second kappa shape index (κ2) is 6.23. The topological polar surface area (TPSA) is 75.4 Å². The van der Waals surface area contributed by atoms with Crippen LogP contribution in [0.1, 0.15) is 28.2 Å². The van der Waals surface area contributed by atoms with Crippen molar-refractivity contribution in [3.63, 3.8) is 0 Å². The van der Waals surface area contributed by atoms with Gasteiger partial charge in [0.1, 0.15) is 11.6 Å². The number of nitrogens with zero attached hydrogens (tertiary/aromatic N) is 4. The third-order valence-electron chi connectivity index (χ3n) is 5.56. The van der Waals surface area contributed by atoms with Gasteiger partial charge in [-0.3, -0.25) is 9.78 Å². The molecule has 2 fully saturated rings. The number of halogens is 1. The summed E-state index contributed by atoms with van der Waals surface area (Å²) in [7, 11) is 0. The largest absolute Gasteiger partial charge is 0.398 e. The van der Waals surface area contributed by atoms with Gasteiger partial charge in [-0.05, 0) is 38.5 Å². The van der Waals surface area contributed by atoms with Crippen molar-refractivity contribution in [3.05, 3.63) is 47.2 Å². The van der Waals surface area contributed by atoms with E-state index in [1.165, 1.54) is 18.2 Å². The first-order chi connectivity index (χ1) is 12.4. The van der Waals surface area contributed by atoms with E-state index in [0.29, 0.717) is 24.7 Å². The molecule has 2 aliphatic rings. The second-order valence-corrected chi connectivity index (χ2v) is 7.15. The summed E-state index contributed by atoms with van der Waals surface area (Å²) in [5, 5.41) is 0. The molecule has 3 heterocycles. The highest BCUT2D eigenvalue weighted by Gasteiger charge is 2.44. The number of hydrogen-bond donors (Lipinski definition) is 1. The molecular weight excluding hydrogens is 333 g/mol. The van der Waals surface area contributed by atoms with Gasteiger partial charge in [-0.1, -0.05) is 0 Å². The average Bonchev–Trinajstić information content (AvgIpc) is 2.60. The summed E-state index contributed by atoms with van der Waals surface area (Å²) in [6.45, 7) is 6.09. The van der Waals surface area contributed by atoms with E-state index in [0.717, 1.165) is 30.2 Å². The maximum atomic E-state index is 13.5. The van der Waals surface area contributed by atoms with Crippen LogP contribution in [0, 0.1) is 25.6 Å². The molecule has 1 aromatic carbocycles. The SMILES string of the molecule is Cc1ncc(N2CC3CCN(C(=O)c4cc(F)ccc4N)CC32)nc1C. The lowest BCUT2D eigenvalue weighted by atomic mass is 9.82. The molecule has 4 rings (SSSR count). The van der Waals surface area contributed by atoms with Crippen LogP contribution in [-0.2, 0) is 0 Å². The fraction of sp³-hybridized carbons (Fsp3) is 0.421. The van der Waals surface area contributed by atoms with Gasteiger partial charge < -0.3 is 15.5 Å². The number of anilines is 2. The van der Waals surface area contributed by atoms with Gasteiger partial charge in [0, 0.05) is 31.2 Å². The minimum Gasteiger partial charge on any atom is -0.398 e. The Morgan fingerprint density at radius 2 is 2.08 bits per heavy atom. The number of likely N-dealkylation sites (tertiary alicyclic amines) is 1. The molecule has 2 atom stereocenters. The molecule has 2 saturated heterocycles. The third kappa shape index (κ3) is 2.77. The molecule has 0 saturated carbocycles. The highest BCUT2D eigenvalue weighted by molar-refractivity contribution is 5.99. The molecule has 1 amide bonds. The van der Waals surface area contributed by atoms with Crippen LogP contribution in [0.4, 0.5) is 15.9 Å². The Hall–Kier alpha value is -2.70. The molecular formula is C19H22FN5O. The van der Waals surface area contributed by atoms with Gasteiger partial charge >= 0.3 is 0 Å². The average molecular weight is 355 g/mol. The molecule has 2 N–H and O–H groups in total. The number of fused-ring (bicyclic) bond motifs is 1. The lowest BCUT2D eigenvalue weighted by Gasteiger charge is -2.54. The summed E-state index contributed by atoms with van der Waals surface area (Å²) >= 11 is 0. The number of benzene rings is 1. The maximum Gasteiger partial charge on any atom is 0.256 e. The number of rotatable bonds is 2. The van der Waals surface area contributed by atoms with E-state index in [1.807, 2.05) is 13.8 Å². The van der Waals surface area contributed by atoms with E-state index in [9.17, 15) is 9.18 Å². The number of hydrogen-bond acceptors (Lipinski definition) is 5. The van der Waals surface area contributed by atoms with Gasteiger partial charge in [-0.25, -0.2) is 9.37 Å². The van der Waals surface area contributed by atoms with Crippen molar-refractivity contribution < 1.29 is 9.18 Å². The molecule has 7 heteroatoms. The summed E-state index contributed by atoms with van der Waals surface area (Å²) in [6, 6.07) is 4.15. The summed E-state index contributed by atoms with van der Waals surface area (Å²) in [4.78, 5) is 25.8. The summed E-state index contributed by atoms with van der Waals surface area (Å²) in [6.07, 6.45) is 2.73. The predicted octanol–water partition coefficient (Wildman–Crippen LogP) is 2.17. The molecule has 0 spiro atoms. The zero-order valence-electron chi connectivity index (χ0n) is 14.9. The molecule has 26 heavy (non-hydrogen) atoms. The number of nitrogen functional groups attached to an aromatic ring is 1. The van der Waals surface area contributed by atoms with E-state index in [4.69, 9.17) is 5.73 Å². The number of aromatic nitrogens is 2. The molecule has 2 aliphatic heterocycles. The van der Waals surface area contributed by atoms with Crippen molar-refractivity contribution >= 4 is 17.4 Å². The highest BCUT2D eigenvalue weighted by atomic mass is 19.1. The van der Waals surface area contributed by atoms with Gasteiger partial charge in [-0.15, -0.1) is 0 Å². The smallest absolute Gasteiger partial charge is 0.256 e. The highest BCUT2D eigenvalue weighted by Crippen LogP contribution is 2.36. The summed E-state index contributed by atoms with van der Waals surface area (Å²) < 4.78 is 13.5. The van der Waals surface area contributed by atoms with Crippen LogP contribution in [0.25, 0.3) is 0 Å². The van der Waals surface area contributed by atoms with Gasteiger partial charge in [0.2, 0.25) is 0 Å². The van der Waals surface area contributed by atoms with Crippen molar-refractivity contribution in [1.82, 2.24) is 14.9 Å². The van der Waals surface area contributed by atoms with Crippen LogP contribution in [0.15, 0.2) is 24.4 Å². The van der Waals surface area contributed by atoms with Crippen molar-refractivity contribution in [2.45, 2.75) is 26.3 Å². The maximum absolute atomic E-state index is 13.5. The molecule has 136 valence electrons. The Labute approximate surface area is 151 Å². The van der Waals surface area contributed by atoms with Crippen LogP contribution in [0.2, 0.25) is 0 Å². The van der Waals surface area contributed by atoms with Gasteiger partial charge in [0.15, 0.2) is 0 Å². The molecule has 6 nitrogen and oxygen atoms in total. The minimum absolute atomic E-state index is 0.210. The molecule has 2 unspecified atom stereocenters. The number of aryl methyl sites for hydroxylation is 2. The van der Waals surface area contributed by atoms with E-state index in [1.54, 1.807) is 11.1 Å². The Morgan fingerprint density at radius 1 is 1.27 bits per heavy atom. The first kappa shape index (κ1) is 16.8. The lowest BCUT2D eigenvalue weighted by molar-refractivity contribution is 0.0591.